The molecular formula is C30H35Cl2N3O4S. The van der Waals surface area contributed by atoms with Crippen LogP contribution in [0.1, 0.15) is 42.5 Å². The molecule has 0 saturated carbocycles. The van der Waals surface area contributed by atoms with E-state index in [9.17, 15) is 18.0 Å². The first kappa shape index (κ1) is 31.5. The van der Waals surface area contributed by atoms with E-state index in [-0.39, 0.29) is 17.3 Å². The number of hydrogen-bond acceptors (Lipinski definition) is 4. The molecule has 0 aromatic heterocycles. The smallest absolute Gasteiger partial charge is 0.264 e. The van der Waals surface area contributed by atoms with Crippen LogP contribution in [0.15, 0.2) is 65.6 Å². The maximum atomic E-state index is 14.1. The summed E-state index contributed by atoms with van der Waals surface area (Å²) in [5, 5.41) is 3.49. The third-order valence-electron chi connectivity index (χ3n) is 6.63. The van der Waals surface area contributed by atoms with Gasteiger partial charge >= 0.3 is 0 Å². The molecule has 1 atom stereocenters. The van der Waals surface area contributed by atoms with Crippen LogP contribution in [0.4, 0.5) is 5.69 Å². The van der Waals surface area contributed by atoms with Gasteiger partial charge in [-0.2, -0.15) is 0 Å². The van der Waals surface area contributed by atoms with Gasteiger partial charge in [0, 0.05) is 28.7 Å². The second-order valence-corrected chi connectivity index (χ2v) is 12.5. The van der Waals surface area contributed by atoms with E-state index in [0.29, 0.717) is 33.4 Å². The minimum Gasteiger partial charge on any atom is -0.354 e. The number of carbonyl (C=O) groups excluding carboxylic acids is 2. The molecule has 0 aliphatic rings. The Hall–Kier alpha value is -3.07. The average molecular weight is 605 g/mol. The Bertz CT molecular complexity index is 1460. The summed E-state index contributed by atoms with van der Waals surface area (Å²) in [7, 11) is -4.15. The molecule has 214 valence electrons. The Balaban J connectivity index is 2.10. The van der Waals surface area contributed by atoms with E-state index in [0.717, 1.165) is 21.9 Å². The van der Waals surface area contributed by atoms with E-state index in [1.54, 1.807) is 50.2 Å². The van der Waals surface area contributed by atoms with Gasteiger partial charge in [0.2, 0.25) is 11.8 Å². The summed E-state index contributed by atoms with van der Waals surface area (Å²) in [4.78, 5) is 28.4. The van der Waals surface area contributed by atoms with Crippen LogP contribution < -0.4 is 9.62 Å². The molecule has 3 aromatic rings. The lowest BCUT2D eigenvalue weighted by Gasteiger charge is -2.33. The monoisotopic (exact) mass is 603 g/mol. The number of carbonyl (C=O) groups is 2. The number of sulfonamides is 1. The van der Waals surface area contributed by atoms with Crippen molar-refractivity contribution in [2.24, 2.45) is 0 Å². The third kappa shape index (κ3) is 7.36. The molecule has 0 aliphatic heterocycles. The number of aryl methyl sites for hydroxylation is 3. The second-order valence-electron chi connectivity index (χ2n) is 9.80. The first-order valence-corrected chi connectivity index (χ1v) is 15.2. The molecule has 0 heterocycles. The molecule has 7 nitrogen and oxygen atoms in total. The van der Waals surface area contributed by atoms with Crippen molar-refractivity contribution in [1.29, 1.82) is 0 Å². The van der Waals surface area contributed by atoms with Crippen molar-refractivity contribution in [2.75, 3.05) is 17.4 Å². The Kier molecular flexibility index (Phi) is 10.6. The molecule has 2 amide bonds. The van der Waals surface area contributed by atoms with E-state index < -0.39 is 28.5 Å². The summed E-state index contributed by atoms with van der Waals surface area (Å²) in [6.07, 6.45) is 0.720. The zero-order valence-electron chi connectivity index (χ0n) is 23.4. The maximum Gasteiger partial charge on any atom is 0.264 e. The highest BCUT2D eigenvalue weighted by Gasteiger charge is 2.33. The standard InChI is InChI=1S/C30H35Cl2N3O4S/c1-6-16-33-30(37)23(5)34(18-25-26(31)8-7-9-27(25)32)29(36)19-35(28-17-21(3)10-13-22(28)4)40(38,39)24-14-11-20(2)12-15-24/h7-15,17,23H,6,16,18-19H2,1-5H3,(H,33,37)/t23-/m0/s1. The van der Waals surface area contributed by atoms with E-state index in [4.69, 9.17) is 23.2 Å². The maximum absolute atomic E-state index is 14.1. The van der Waals surface area contributed by atoms with Gasteiger partial charge in [-0.15, -0.1) is 0 Å². The molecule has 0 unspecified atom stereocenters. The first-order valence-electron chi connectivity index (χ1n) is 13.0. The lowest BCUT2D eigenvalue weighted by atomic mass is 10.1. The van der Waals surface area contributed by atoms with Gasteiger partial charge < -0.3 is 10.2 Å². The quantitative estimate of drug-likeness (QED) is 0.289. The van der Waals surface area contributed by atoms with Crippen LogP contribution >= 0.6 is 23.2 Å². The number of nitrogens with one attached hydrogen (secondary N) is 1. The fourth-order valence-corrected chi connectivity index (χ4v) is 6.16. The van der Waals surface area contributed by atoms with Crippen LogP contribution in [0, 0.1) is 20.8 Å². The summed E-state index contributed by atoms with van der Waals surface area (Å²) >= 11 is 12.8. The summed E-state index contributed by atoms with van der Waals surface area (Å²) in [6, 6.07) is 16.0. The molecule has 1 N–H and O–H groups in total. The molecule has 3 rings (SSSR count). The van der Waals surface area contributed by atoms with Crippen LogP contribution in [-0.2, 0) is 26.2 Å². The molecule has 0 fully saturated rings. The van der Waals surface area contributed by atoms with E-state index in [1.165, 1.54) is 17.0 Å². The van der Waals surface area contributed by atoms with Gasteiger partial charge in [-0.1, -0.05) is 66.0 Å². The molecular weight excluding hydrogens is 569 g/mol. The number of benzene rings is 3. The van der Waals surface area contributed by atoms with Gasteiger partial charge in [-0.25, -0.2) is 8.42 Å². The van der Waals surface area contributed by atoms with Gasteiger partial charge in [-0.3, -0.25) is 13.9 Å². The van der Waals surface area contributed by atoms with Crippen molar-refractivity contribution in [3.63, 3.8) is 0 Å². The number of rotatable bonds is 11. The molecule has 0 saturated heterocycles. The normalized spacial score (nSPS) is 12.1. The summed E-state index contributed by atoms with van der Waals surface area (Å²) in [5.74, 6) is -0.940. The Morgan fingerprint density at radius 3 is 2.12 bits per heavy atom. The summed E-state index contributed by atoms with van der Waals surface area (Å²) in [6.45, 7) is 8.86. The molecule has 0 aliphatic carbocycles. The topological polar surface area (TPSA) is 86.8 Å². The van der Waals surface area contributed by atoms with Gasteiger partial charge in [0.05, 0.1) is 10.6 Å². The fraction of sp³-hybridized carbons (Fsp3) is 0.333. The zero-order valence-corrected chi connectivity index (χ0v) is 25.7. The molecule has 0 bridgehead atoms. The van der Waals surface area contributed by atoms with Crippen LogP contribution in [0.2, 0.25) is 10.0 Å². The summed E-state index contributed by atoms with van der Waals surface area (Å²) < 4.78 is 29.1. The fourth-order valence-electron chi connectivity index (χ4n) is 4.17. The minimum absolute atomic E-state index is 0.0567. The van der Waals surface area contributed by atoms with E-state index in [2.05, 4.69) is 5.32 Å². The van der Waals surface area contributed by atoms with Crippen molar-refractivity contribution in [3.8, 4) is 0 Å². The lowest BCUT2D eigenvalue weighted by molar-refractivity contribution is -0.139. The van der Waals surface area contributed by atoms with Gasteiger partial charge in [-0.05, 0) is 75.6 Å². The average Bonchev–Trinajstić information content (AvgIpc) is 2.91. The molecule has 40 heavy (non-hydrogen) atoms. The Labute approximate surface area is 247 Å². The second kappa shape index (κ2) is 13.5. The largest absolute Gasteiger partial charge is 0.354 e. The van der Waals surface area contributed by atoms with Crippen LogP contribution in [0.3, 0.4) is 0 Å². The predicted molar refractivity (Wildman–Crippen MR) is 161 cm³/mol. The van der Waals surface area contributed by atoms with Crippen molar-refractivity contribution in [2.45, 2.75) is 58.5 Å². The molecule has 0 spiro atoms. The van der Waals surface area contributed by atoms with Crippen LogP contribution in [0.25, 0.3) is 0 Å². The van der Waals surface area contributed by atoms with E-state index in [1.807, 2.05) is 32.9 Å². The number of anilines is 1. The zero-order chi connectivity index (χ0) is 29.6. The van der Waals surface area contributed by atoms with E-state index >= 15 is 0 Å². The molecule has 0 radical (unpaired) electrons. The SMILES string of the molecule is CCCNC(=O)[C@H](C)N(Cc1c(Cl)cccc1Cl)C(=O)CN(c1cc(C)ccc1C)S(=O)(=O)c1ccc(C)cc1. The number of amides is 2. The van der Waals surface area contributed by atoms with Crippen LogP contribution in [-0.4, -0.2) is 44.3 Å². The highest BCUT2D eigenvalue weighted by atomic mass is 35.5. The predicted octanol–water partition coefficient (Wildman–Crippen LogP) is 6.06. The highest BCUT2D eigenvalue weighted by Crippen LogP contribution is 2.30. The molecule has 3 aromatic carbocycles. The number of halogens is 2. The molecule has 10 heteroatoms. The summed E-state index contributed by atoms with van der Waals surface area (Å²) in [5.41, 5.74) is 3.28. The van der Waals surface area contributed by atoms with Gasteiger partial charge in [0.25, 0.3) is 10.0 Å². The minimum atomic E-state index is -4.15. The number of nitrogens with zero attached hydrogens (tertiary/aromatic N) is 2. The van der Waals surface area contributed by atoms with Crippen molar-refractivity contribution < 1.29 is 18.0 Å². The highest BCUT2D eigenvalue weighted by molar-refractivity contribution is 7.92. The first-order chi connectivity index (χ1) is 18.9. The van der Waals surface area contributed by atoms with Crippen molar-refractivity contribution >= 4 is 50.7 Å². The lowest BCUT2D eigenvalue weighted by Crippen LogP contribution is -2.51. The number of hydrogen-bond donors (Lipinski definition) is 1. The van der Waals surface area contributed by atoms with Crippen molar-refractivity contribution in [3.05, 3.63) is 93.0 Å². The van der Waals surface area contributed by atoms with Gasteiger partial charge in [0.1, 0.15) is 12.6 Å². The van der Waals surface area contributed by atoms with Gasteiger partial charge in [0.15, 0.2) is 0 Å². The Morgan fingerprint density at radius 2 is 1.52 bits per heavy atom. The Morgan fingerprint density at radius 1 is 0.925 bits per heavy atom. The third-order valence-corrected chi connectivity index (χ3v) is 9.11. The van der Waals surface area contributed by atoms with Crippen LogP contribution in [0.5, 0.6) is 0 Å². The van der Waals surface area contributed by atoms with Crippen molar-refractivity contribution in [1.82, 2.24) is 10.2 Å².